The summed E-state index contributed by atoms with van der Waals surface area (Å²) in [6.45, 7) is 10.7. The van der Waals surface area contributed by atoms with E-state index in [2.05, 4.69) is 26.8 Å². The first-order valence-electron chi connectivity index (χ1n) is 11.1. The fraction of sp³-hybridized carbons (Fsp3) is 0.864. The maximum absolute atomic E-state index is 13.9. The van der Waals surface area contributed by atoms with Crippen LogP contribution in [0.15, 0.2) is 12.2 Å². The Bertz CT molecular complexity index is 635. The second kappa shape index (κ2) is 8.62. The lowest BCUT2D eigenvalue weighted by molar-refractivity contribution is -0.161. The summed E-state index contributed by atoms with van der Waals surface area (Å²) in [5.41, 5.74) is 0. The summed E-state index contributed by atoms with van der Waals surface area (Å²) < 4.78 is 31.5. The minimum Gasteiger partial charge on any atom is -0.461 e. The lowest BCUT2D eigenvalue weighted by Crippen LogP contribution is -2.48. The zero-order chi connectivity index (χ0) is 20.5. The summed E-state index contributed by atoms with van der Waals surface area (Å²) in [5, 5.41) is -1.19. The van der Waals surface area contributed by atoms with Gasteiger partial charge in [0.05, 0.1) is 13.2 Å². The molecule has 6 heteroatoms. The second-order valence-electron chi connectivity index (χ2n) is 9.22. The standard InChI is InChI=1S/C22H37O5P/c1-6-25-28(24,26-7-2)22(14-17-9-10-18(22)13-17)21(23)27-20-12-16(5)8-11-19(20)15(3)4/h9-10,15-20H,6-8,11-14H2,1-5H3/t16-,17-,18+,19+,20-,22+/m1/s1. The predicted octanol–water partition coefficient (Wildman–Crippen LogP) is 5.59. The summed E-state index contributed by atoms with van der Waals surface area (Å²) in [7, 11) is -3.65. The van der Waals surface area contributed by atoms with Crippen LogP contribution in [0.1, 0.15) is 66.7 Å². The summed E-state index contributed by atoms with van der Waals surface area (Å²) in [6, 6.07) is 0. The molecule has 0 N–H and O–H groups in total. The fourth-order valence-corrected chi connectivity index (χ4v) is 8.14. The second-order valence-corrected chi connectivity index (χ2v) is 11.5. The Balaban J connectivity index is 1.92. The molecule has 2 fully saturated rings. The largest absolute Gasteiger partial charge is 0.461 e. The molecule has 0 aromatic rings. The van der Waals surface area contributed by atoms with E-state index in [-0.39, 0.29) is 37.1 Å². The molecule has 0 unspecified atom stereocenters. The van der Waals surface area contributed by atoms with Crippen LogP contribution in [0, 0.1) is 29.6 Å². The SMILES string of the molecule is CCOP(=O)(OCC)[C@@]1(C(=O)O[C@@H]2C[C@H](C)CC[C@H]2C(C)C)C[C@@H]2C=C[C@H]1C2. The molecule has 0 aromatic heterocycles. The molecule has 6 atom stereocenters. The summed E-state index contributed by atoms with van der Waals surface area (Å²) in [5.74, 6) is 1.09. The van der Waals surface area contributed by atoms with Crippen LogP contribution in [0.25, 0.3) is 0 Å². The number of hydrogen-bond acceptors (Lipinski definition) is 5. The van der Waals surface area contributed by atoms with Gasteiger partial charge in [-0.15, -0.1) is 0 Å². The molecule has 2 saturated carbocycles. The van der Waals surface area contributed by atoms with Gasteiger partial charge in [0.15, 0.2) is 5.16 Å². The van der Waals surface area contributed by atoms with Crippen LogP contribution >= 0.6 is 7.60 Å². The molecule has 0 aliphatic heterocycles. The van der Waals surface area contributed by atoms with Crippen LogP contribution < -0.4 is 0 Å². The van der Waals surface area contributed by atoms with Crippen LogP contribution in [0.4, 0.5) is 0 Å². The van der Waals surface area contributed by atoms with Crippen molar-refractivity contribution in [1.82, 2.24) is 0 Å². The Morgan fingerprint density at radius 1 is 1.14 bits per heavy atom. The van der Waals surface area contributed by atoms with Crippen molar-refractivity contribution < 1.29 is 23.1 Å². The van der Waals surface area contributed by atoms with Crippen molar-refractivity contribution >= 4 is 13.6 Å². The summed E-state index contributed by atoms with van der Waals surface area (Å²) in [6.07, 6.45) is 8.50. The van der Waals surface area contributed by atoms with Crippen LogP contribution in [0.2, 0.25) is 0 Å². The number of esters is 1. The van der Waals surface area contributed by atoms with E-state index in [1.807, 2.05) is 6.08 Å². The van der Waals surface area contributed by atoms with Gasteiger partial charge < -0.3 is 13.8 Å². The minimum atomic E-state index is -3.65. The van der Waals surface area contributed by atoms with Gasteiger partial charge in [-0.1, -0.05) is 39.3 Å². The average molecular weight is 413 g/mol. The molecule has 28 heavy (non-hydrogen) atoms. The van der Waals surface area contributed by atoms with Crippen molar-refractivity contribution in [2.75, 3.05) is 13.2 Å². The summed E-state index contributed by atoms with van der Waals surface area (Å²) >= 11 is 0. The van der Waals surface area contributed by atoms with Crippen LogP contribution in [0.3, 0.4) is 0 Å². The van der Waals surface area contributed by atoms with Gasteiger partial charge in [-0.25, -0.2) is 0 Å². The van der Waals surface area contributed by atoms with E-state index >= 15 is 0 Å². The first kappa shape index (κ1) is 22.1. The minimum absolute atomic E-state index is 0.118. The molecule has 0 saturated heterocycles. The molecule has 3 aliphatic carbocycles. The number of carbonyl (C=O) groups is 1. The van der Waals surface area contributed by atoms with Gasteiger partial charge in [0.25, 0.3) is 0 Å². The van der Waals surface area contributed by atoms with Gasteiger partial charge in [-0.05, 0) is 63.2 Å². The molecule has 160 valence electrons. The van der Waals surface area contributed by atoms with Crippen LogP contribution in [0.5, 0.6) is 0 Å². The first-order valence-corrected chi connectivity index (χ1v) is 12.6. The Morgan fingerprint density at radius 2 is 1.82 bits per heavy atom. The lowest BCUT2D eigenvalue weighted by atomic mass is 9.75. The van der Waals surface area contributed by atoms with Crippen molar-refractivity contribution in [3.05, 3.63) is 12.2 Å². The fourth-order valence-electron chi connectivity index (χ4n) is 5.59. The smallest absolute Gasteiger partial charge is 0.348 e. The van der Waals surface area contributed by atoms with Crippen LogP contribution in [-0.2, 0) is 23.1 Å². The molecule has 0 aromatic carbocycles. The van der Waals surface area contributed by atoms with Gasteiger partial charge in [0.1, 0.15) is 6.10 Å². The third kappa shape index (κ3) is 3.75. The van der Waals surface area contributed by atoms with Gasteiger partial charge in [0, 0.05) is 5.92 Å². The van der Waals surface area contributed by atoms with E-state index in [1.54, 1.807) is 13.8 Å². The van der Waals surface area contributed by atoms with E-state index in [0.717, 1.165) is 19.3 Å². The molecule has 2 bridgehead atoms. The molecule has 5 nitrogen and oxygen atoms in total. The molecule has 0 heterocycles. The number of rotatable bonds is 8. The van der Waals surface area contributed by atoms with Crippen molar-refractivity contribution in [1.29, 1.82) is 0 Å². The topological polar surface area (TPSA) is 61.8 Å². The molecule has 0 amide bonds. The number of allylic oxidation sites excluding steroid dienone is 2. The third-order valence-corrected chi connectivity index (χ3v) is 9.89. The lowest BCUT2D eigenvalue weighted by Gasteiger charge is -2.42. The van der Waals surface area contributed by atoms with Gasteiger partial charge in [-0.3, -0.25) is 9.36 Å². The average Bonchev–Trinajstić information content (AvgIpc) is 3.24. The highest BCUT2D eigenvalue weighted by Gasteiger charge is 2.67. The van der Waals surface area contributed by atoms with E-state index < -0.39 is 12.8 Å². The molecular formula is C22H37O5P. The normalized spacial score (nSPS) is 37.6. The molecular weight excluding hydrogens is 375 g/mol. The number of ether oxygens (including phenoxy) is 1. The van der Waals surface area contributed by atoms with E-state index in [1.165, 1.54) is 6.42 Å². The van der Waals surface area contributed by atoms with E-state index in [0.29, 0.717) is 24.2 Å². The third-order valence-electron chi connectivity index (χ3n) is 7.02. The predicted molar refractivity (Wildman–Crippen MR) is 110 cm³/mol. The molecule has 0 radical (unpaired) electrons. The maximum Gasteiger partial charge on any atom is 0.348 e. The van der Waals surface area contributed by atoms with Gasteiger partial charge in [-0.2, -0.15) is 0 Å². The van der Waals surface area contributed by atoms with Crippen molar-refractivity contribution in [3.8, 4) is 0 Å². The quantitative estimate of drug-likeness (QED) is 0.295. The first-order chi connectivity index (χ1) is 13.3. The Labute approximate surface area is 170 Å². The van der Waals surface area contributed by atoms with Crippen molar-refractivity contribution in [3.63, 3.8) is 0 Å². The highest BCUT2D eigenvalue weighted by atomic mass is 31.2. The number of hydrogen-bond donors (Lipinski definition) is 0. The van der Waals surface area contributed by atoms with Crippen molar-refractivity contribution in [2.24, 2.45) is 29.6 Å². The highest BCUT2D eigenvalue weighted by Crippen LogP contribution is 2.71. The number of fused-ring (bicyclic) bond motifs is 2. The Morgan fingerprint density at radius 3 is 2.32 bits per heavy atom. The highest BCUT2D eigenvalue weighted by molar-refractivity contribution is 7.56. The van der Waals surface area contributed by atoms with Crippen molar-refractivity contribution in [2.45, 2.75) is 78.0 Å². The summed E-state index contributed by atoms with van der Waals surface area (Å²) in [4.78, 5) is 13.7. The Hall–Kier alpha value is -0.640. The zero-order valence-electron chi connectivity index (χ0n) is 18.1. The van der Waals surface area contributed by atoms with Gasteiger partial charge in [0.2, 0.25) is 0 Å². The monoisotopic (exact) mass is 412 g/mol. The van der Waals surface area contributed by atoms with E-state index in [9.17, 15) is 9.36 Å². The van der Waals surface area contributed by atoms with Crippen LogP contribution in [-0.4, -0.2) is 30.4 Å². The molecule has 3 aliphatic rings. The Kier molecular flexibility index (Phi) is 6.79. The number of carbonyl (C=O) groups excluding carboxylic acids is 1. The van der Waals surface area contributed by atoms with E-state index in [4.69, 9.17) is 13.8 Å². The zero-order valence-corrected chi connectivity index (χ0v) is 19.0. The molecule has 0 spiro atoms. The maximum atomic E-state index is 13.9. The van der Waals surface area contributed by atoms with Gasteiger partial charge >= 0.3 is 13.6 Å². The molecule has 3 rings (SSSR count).